The molecule has 0 radical (unpaired) electrons. The molecular weight excluding hydrogens is 442 g/mol. The summed E-state index contributed by atoms with van der Waals surface area (Å²) in [5, 5.41) is 3.45. The second-order valence-corrected chi connectivity index (χ2v) is 8.55. The topological polar surface area (TPSA) is 88.6 Å². The van der Waals surface area contributed by atoms with Gasteiger partial charge in [-0.2, -0.15) is 0 Å². The molecule has 0 spiro atoms. The average molecular weight is 466 g/mol. The summed E-state index contributed by atoms with van der Waals surface area (Å²) >= 11 is 0. The third kappa shape index (κ3) is 4.01. The molecule has 0 saturated heterocycles. The number of methoxy groups -OCH3 is 1. The number of amides is 2. The van der Waals surface area contributed by atoms with E-state index in [4.69, 9.17) is 9.72 Å². The van der Waals surface area contributed by atoms with Crippen LogP contribution in [-0.2, 0) is 9.53 Å². The zero-order chi connectivity index (χ0) is 24.7. The maximum absolute atomic E-state index is 13.9. The van der Waals surface area contributed by atoms with Gasteiger partial charge in [0.05, 0.1) is 40.8 Å². The summed E-state index contributed by atoms with van der Waals surface area (Å²) in [5.41, 5.74) is 6.14. The zero-order valence-corrected chi connectivity index (χ0v) is 19.6. The Labute approximate surface area is 202 Å². The first-order valence-electron chi connectivity index (χ1n) is 11.2. The second-order valence-electron chi connectivity index (χ2n) is 8.55. The van der Waals surface area contributed by atoms with Gasteiger partial charge in [-0.3, -0.25) is 14.5 Å². The molecule has 0 fully saturated rings. The van der Waals surface area contributed by atoms with Crippen LogP contribution in [0.3, 0.4) is 0 Å². The predicted molar refractivity (Wildman–Crippen MR) is 135 cm³/mol. The van der Waals surface area contributed by atoms with Crippen LogP contribution in [0.25, 0.3) is 22.2 Å². The molecule has 0 bridgehead atoms. The highest BCUT2D eigenvalue weighted by Gasteiger charge is 2.30. The lowest BCUT2D eigenvalue weighted by Gasteiger charge is -2.30. The van der Waals surface area contributed by atoms with Crippen LogP contribution in [0.2, 0.25) is 0 Å². The Hall–Kier alpha value is -4.52. The molecule has 1 aliphatic heterocycles. The van der Waals surface area contributed by atoms with Crippen LogP contribution < -0.4 is 10.2 Å². The third-order valence-electron chi connectivity index (χ3n) is 6.13. The second kappa shape index (κ2) is 8.68. The highest BCUT2D eigenvalue weighted by Crippen LogP contribution is 2.34. The highest BCUT2D eigenvalue weighted by atomic mass is 16.5. The fraction of sp³-hybridized carbons (Fsp3) is 0.143. The van der Waals surface area contributed by atoms with Crippen LogP contribution in [0, 0.1) is 13.8 Å². The number of rotatable bonds is 3. The molecule has 35 heavy (non-hydrogen) atoms. The lowest BCUT2D eigenvalue weighted by atomic mass is 9.98. The van der Waals surface area contributed by atoms with E-state index in [0.717, 1.165) is 16.7 Å². The van der Waals surface area contributed by atoms with Crippen molar-refractivity contribution in [2.75, 3.05) is 23.9 Å². The van der Waals surface area contributed by atoms with Crippen molar-refractivity contribution in [2.24, 2.45) is 0 Å². The van der Waals surface area contributed by atoms with Gasteiger partial charge in [0.25, 0.3) is 5.91 Å². The number of hydrogen-bond acceptors (Lipinski definition) is 5. The van der Waals surface area contributed by atoms with Crippen molar-refractivity contribution in [3.05, 3.63) is 89.0 Å². The van der Waals surface area contributed by atoms with Crippen molar-refractivity contribution in [3.8, 4) is 11.3 Å². The van der Waals surface area contributed by atoms with Gasteiger partial charge in [0.15, 0.2) is 0 Å². The van der Waals surface area contributed by atoms with Crippen LogP contribution >= 0.6 is 0 Å². The molecule has 2 amide bonds. The van der Waals surface area contributed by atoms with Gasteiger partial charge < -0.3 is 10.1 Å². The molecule has 0 aliphatic carbocycles. The van der Waals surface area contributed by atoms with Gasteiger partial charge in [0.1, 0.15) is 6.54 Å². The first-order valence-corrected chi connectivity index (χ1v) is 11.2. The molecule has 1 aromatic heterocycles. The number of para-hydroxylation sites is 1. The number of pyridine rings is 1. The molecule has 0 unspecified atom stereocenters. The summed E-state index contributed by atoms with van der Waals surface area (Å²) in [4.78, 5) is 44.7. The van der Waals surface area contributed by atoms with E-state index in [9.17, 15) is 14.4 Å². The standard InChI is InChI=1S/C28H23N3O4/c1-16-8-10-19(17(2)12-16)23-14-21(20-6-4-5-7-22(20)29-23)27(33)31-15-26(32)30-24-13-18(28(34)35-3)9-11-25(24)31/h4-14H,15H2,1-3H3,(H,30,32). The van der Waals surface area contributed by atoms with E-state index in [1.165, 1.54) is 18.1 Å². The number of aryl methyl sites for hydroxylation is 2. The van der Waals surface area contributed by atoms with Gasteiger partial charge in [-0.05, 0) is 49.7 Å². The number of aromatic nitrogens is 1. The molecule has 0 atom stereocenters. The Balaban J connectivity index is 1.65. The molecule has 5 rings (SSSR count). The number of hydrogen-bond donors (Lipinski definition) is 1. The predicted octanol–water partition coefficient (Wildman–Crippen LogP) is 4.90. The van der Waals surface area contributed by atoms with E-state index >= 15 is 0 Å². The van der Waals surface area contributed by atoms with Crippen molar-refractivity contribution in [3.63, 3.8) is 0 Å². The monoisotopic (exact) mass is 465 g/mol. The molecule has 7 heteroatoms. The largest absolute Gasteiger partial charge is 0.465 e. The van der Waals surface area contributed by atoms with E-state index in [-0.39, 0.29) is 23.9 Å². The maximum Gasteiger partial charge on any atom is 0.337 e. The van der Waals surface area contributed by atoms with Crippen LogP contribution in [0.5, 0.6) is 0 Å². The molecular formula is C28H23N3O4. The fourth-order valence-corrected chi connectivity index (χ4v) is 4.45. The number of ether oxygens (including phenoxy) is 1. The average Bonchev–Trinajstić information content (AvgIpc) is 2.86. The number of nitrogens with one attached hydrogen (secondary N) is 1. The Morgan fingerprint density at radius 3 is 2.57 bits per heavy atom. The first-order chi connectivity index (χ1) is 16.9. The summed E-state index contributed by atoms with van der Waals surface area (Å²) in [5.74, 6) is -1.19. The number of esters is 1. The maximum atomic E-state index is 13.9. The van der Waals surface area contributed by atoms with Gasteiger partial charge in [-0.1, -0.05) is 42.0 Å². The van der Waals surface area contributed by atoms with E-state index in [1.54, 1.807) is 18.2 Å². The Morgan fingerprint density at radius 1 is 1.00 bits per heavy atom. The normalized spacial score (nSPS) is 12.8. The summed E-state index contributed by atoms with van der Waals surface area (Å²) in [6, 6.07) is 20.1. The zero-order valence-electron chi connectivity index (χ0n) is 19.6. The van der Waals surface area contributed by atoms with E-state index < -0.39 is 5.97 Å². The van der Waals surface area contributed by atoms with Gasteiger partial charge in [0.2, 0.25) is 5.91 Å². The molecule has 0 saturated carbocycles. The van der Waals surface area contributed by atoms with E-state index in [2.05, 4.69) is 11.4 Å². The van der Waals surface area contributed by atoms with Crippen LogP contribution in [0.4, 0.5) is 11.4 Å². The number of benzene rings is 3. The van der Waals surface area contributed by atoms with Gasteiger partial charge in [0, 0.05) is 10.9 Å². The quantitative estimate of drug-likeness (QED) is 0.435. The van der Waals surface area contributed by atoms with Crippen molar-refractivity contribution in [1.82, 2.24) is 4.98 Å². The first kappa shape index (κ1) is 22.3. The minimum atomic E-state index is -0.524. The summed E-state index contributed by atoms with van der Waals surface area (Å²) in [6.07, 6.45) is 0. The van der Waals surface area contributed by atoms with Crippen LogP contribution in [0.15, 0.2) is 66.7 Å². The third-order valence-corrected chi connectivity index (χ3v) is 6.13. The smallest absolute Gasteiger partial charge is 0.337 e. The molecule has 2 heterocycles. The molecule has 1 aliphatic rings. The highest BCUT2D eigenvalue weighted by molar-refractivity contribution is 6.19. The van der Waals surface area contributed by atoms with Crippen LogP contribution in [-0.4, -0.2) is 36.4 Å². The molecule has 4 aromatic rings. The van der Waals surface area contributed by atoms with E-state index in [0.29, 0.717) is 33.5 Å². The Morgan fingerprint density at radius 2 is 1.80 bits per heavy atom. The number of carbonyl (C=O) groups excluding carboxylic acids is 3. The molecule has 174 valence electrons. The summed E-state index contributed by atoms with van der Waals surface area (Å²) in [6.45, 7) is 3.91. The van der Waals surface area contributed by atoms with Gasteiger partial charge in [-0.25, -0.2) is 9.78 Å². The van der Waals surface area contributed by atoms with Gasteiger partial charge >= 0.3 is 5.97 Å². The van der Waals surface area contributed by atoms with Crippen molar-refractivity contribution in [1.29, 1.82) is 0 Å². The Kier molecular flexibility index (Phi) is 5.53. The number of anilines is 2. The SMILES string of the molecule is COC(=O)c1ccc2c(c1)NC(=O)CN2C(=O)c1cc(-c2ccc(C)cc2C)nc2ccccc12. The van der Waals surface area contributed by atoms with Crippen LogP contribution in [0.1, 0.15) is 31.8 Å². The molecule has 1 N–H and O–H groups in total. The van der Waals surface area contributed by atoms with Gasteiger partial charge in [-0.15, -0.1) is 0 Å². The van der Waals surface area contributed by atoms with E-state index in [1.807, 2.05) is 50.2 Å². The molecule has 7 nitrogen and oxygen atoms in total. The minimum Gasteiger partial charge on any atom is -0.465 e. The molecule has 3 aromatic carbocycles. The summed E-state index contributed by atoms with van der Waals surface area (Å²) in [7, 11) is 1.29. The minimum absolute atomic E-state index is 0.140. The fourth-order valence-electron chi connectivity index (χ4n) is 4.45. The summed E-state index contributed by atoms with van der Waals surface area (Å²) < 4.78 is 4.78. The Bertz CT molecular complexity index is 1530. The van der Waals surface area contributed by atoms with Crippen molar-refractivity contribution in [2.45, 2.75) is 13.8 Å². The van der Waals surface area contributed by atoms with Crippen molar-refractivity contribution >= 4 is 40.1 Å². The lowest BCUT2D eigenvalue weighted by Crippen LogP contribution is -2.42. The lowest BCUT2D eigenvalue weighted by molar-refractivity contribution is -0.115. The number of carbonyl (C=O) groups is 3. The number of nitrogens with zero attached hydrogens (tertiary/aromatic N) is 2. The van der Waals surface area contributed by atoms with Crippen molar-refractivity contribution < 1.29 is 19.1 Å². The number of fused-ring (bicyclic) bond motifs is 2.